The maximum Gasteiger partial charge on any atom is 0.573 e. The van der Waals surface area contributed by atoms with Gasteiger partial charge in [0.15, 0.2) is 0 Å². The standard InChI is InChI=1S/C25H23F6N3O2/c1-32-23(35)22(17-6-3-2-4-7-17)34-20(18-8-5-9-19(14-18)36-25(29,30)31)12-10-16-11-13-21(33-15-16)24(26,27)28/h2-9,11,13-15,20,22,34H,10,12H2,1H3,(H,32,35). The lowest BCUT2D eigenvalue weighted by Gasteiger charge is -2.26. The predicted octanol–water partition coefficient (Wildman–Crippen LogP) is 5.75. The van der Waals surface area contributed by atoms with Crippen molar-refractivity contribution in [3.63, 3.8) is 0 Å². The number of halogens is 6. The van der Waals surface area contributed by atoms with Crippen LogP contribution < -0.4 is 15.4 Å². The summed E-state index contributed by atoms with van der Waals surface area (Å²) in [6.45, 7) is 0. The fraction of sp³-hybridized carbons (Fsp3) is 0.280. The van der Waals surface area contributed by atoms with Gasteiger partial charge in [0.05, 0.1) is 0 Å². The number of hydrogen-bond donors (Lipinski definition) is 2. The number of rotatable bonds is 9. The van der Waals surface area contributed by atoms with Gasteiger partial charge in [-0.25, -0.2) is 0 Å². The smallest absolute Gasteiger partial charge is 0.406 e. The zero-order valence-corrected chi connectivity index (χ0v) is 19.0. The number of nitrogens with zero attached hydrogens (tertiary/aromatic N) is 1. The number of ether oxygens (including phenoxy) is 1. The lowest BCUT2D eigenvalue weighted by Crippen LogP contribution is -2.38. The topological polar surface area (TPSA) is 63.2 Å². The van der Waals surface area contributed by atoms with Crippen molar-refractivity contribution in [2.75, 3.05) is 7.05 Å². The van der Waals surface area contributed by atoms with Crippen LogP contribution in [-0.2, 0) is 17.4 Å². The quantitative estimate of drug-likeness (QED) is 0.359. The Bertz CT molecular complexity index is 1140. The second-order valence-electron chi connectivity index (χ2n) is 7.89. The number of alkyl halides is 6. The number of carbonyl (C=O) groups excluding carboxylic acids is 1. The number of pyridine rings is 1. The normalized spacial score (nSPS) is 13.6. The van der Waals surface area contributed by atoms with Crippen LogP contribution in [0, 0.1) is 0 Å². The predicted molar refractivity (Wildman–Crippen MR) is 120 cm³/mol. The Labute approximate surface area is 203 Å². The summed E-state index contributed by atoms with van der Waals surface area (Å²) in [5.41, 5.74) is 0.498. The number of hydrogen-bond acceptors (Lipinski definition) is 4. The van der Waals surface area contributed by atoms with E-state index in [2.05, 4.69) is 20.4 Å². The maximum atomic E-state index is 12.8. The van der Waals surface area contributed by atoms with Crippen LogP contribution in [0.15, 0.2) is 72.9 Å². The van der Waals surface area contributed by atoms with E-state index < -0.39 is 36.1 Å². The van der Waals surface area contributed by atoms with E-state index in [0.29, 0.717) is 16.7 Å². The molecule has 0 fully saturated rings. The van der Waals surface area contributed by atoms with Crippen molar-refractivity contribution in [2.45, 2.75) is 37.5 Å². The number of likely N-dealkylation sites (N-methyl/N-ethyl adjacent to an activating group) is 1. The van der Waals surface area contributed by atoms with E-state index in [1.165, 1.54) is 25.2 Å². The molecule has 2 unspecified atom stereocenters. The Morgan fingerprint density at radius 2 is 1.64 bits per heavy atom. The summed E-state index contributed by atoms with van der Waals surface area (Å²) < 4.78 is 80.8. The first-order valence-corrected chi connectivity index (χ1v) is 10.9. The van der Waals surface area contributed by atoms with Crippen LogP contribution in [0.3, 0.4) is 0 Å². The first kappa shape index (κ1) is 27.0. The minimum Gasteiger partial charge on any atom is -0.406 e. The fourth-order valence-corrected chi connectivity index (χ4v) is 3.64. The number of carbonyl (C=O) groups is 1. The molecule has 0 saturated heterocycles. The van der Waals surface area contributed by atoms with Crippen LogP contribution in [0.25, 0.3) is 0 Å². The van der Waals surface area contributed by atoms with Crippen molar-refractivity contribution in [1.29, 1.82) is 0 Å². The van der Waals surface area contributed by atoms with Crippen molar-refractivity contribution < 1.29 is 35.9 Å². The summed E-state index contributed by atoms with van der Waals surface area (Å²) in [6, 6.07) is 14.7. The second kappa shape index (κ2) is 11.4. The summed E-state index contributed by atoms with van der Waals surface area (Å²) in [5, 5.41) is 5.75. The van der Waals surface area contributed by atoms with Gasteiger partial charge in [-0.1, -0.05) is 48.5 Å². The van der Waals surface area contributed by atoms with Gasteiger partial charge >= 0.3 is 12.5 Å². The maximum absolute atomic E-state index is 12.8. The minimum atomic E-state index is -4.89. The molecule has 0 saturated carbocycles. The van der Waals surface area contributed by atoms with Crippen molar-refractivity contribution in [1.82, 2.24) is 15.6 Å². The lowest BCUT2D eigenvalue weighted by molar-refractivity contribution is -0.274. The van der Waals surface area contributed by atoms with E-state index in [1.54, 1.807) is 36.4 Å². The van der Waals surface area contributed by atoms with Crippen molar-refractivity contribution in [3.8, 4) is 5.75 Å². The molecule has 3 rings (SSSR count). The molecule has 1 amide bonds. The molecule has 36 heavy (non-hydrogen) atoms. The first-order valence-electron chi connectivity index (χ1n) is 10.9. The fourth-order valence-electron chi connectivity index (χ4n) is 3.64. The van der Waals surface area contributed by atoms with Crippen LogP contribution >= 0.6 is 0 Å². The SMILES string of the molecule is CNC(=O)C(NC(CCc1ccc(C(F)(F)F)nc1)c1cccc(OC(F)(F)F)c1)c1ccccc1. The van der Waals surface area contributed by atoms with Gasteiger partial charge in [-0.3, -0.25) is 15.1 Å². The zero-order chi connectivity index (χ0) is 26.3. The van der Waals surface area contributed by atoms with E-state index in [1.807, 2.05) is 0 Å². The summed E-state index contributed by atoms with van der Waals surface area (Å²) in [7, 11) is 1.46. The summed E-state index contributed by atoms with van der Waals surface area (Å²) >= 11 is 0. The molecule has 5 nitrogen and oxygen atoms in total. The summed E-state index contributed by atoms with van der Waals surface area (Å²) in [4.78, 5) is 16.1. The third-order valence-corrected chi connectivity index (χ3v) is 5.34. The van der Waals surface area contributed by atoms with Gasteiger partial charge in [-0.05, 0) is 47.7 Å². The van der Waals surface area contributed by atoms with E-state index in [0.717, 1.165) is 18.3 Å². The number of amides is 1. The van der Waals surface area contributed by atoms with Gasteiger partial charge < -0.3 is 10.1 Å². The Morgan fingerprint density at radius 3 is 2.22 bits per heavy atom. The Morgan fingerprint density at radius 1 is 0.944 bits per heavy atom. The van der Waals surface area contributed by atoms with E-state index in [4.69, 9.17) is 0 Å². The average molecular weight is 511 g/mol. The van der Waals surface area contributed by atoms with Crippen LogP contribution in [0.5, 0.6) is 5.75 Å². The molecule has 2 N–H and O–H groups in total. The monoisotopic (exact) mass is 511 g/mol. The van der Waals surface area contributed by atoms with Crippen LogP contribution in [-0.4, -0.2) is 24.3 Å². The average Bonchev–Trinajstić information content (AvgIpc) is 2.83. The van der Waals surface area contributed by atoms with Crippen molar-refractivity contribution in [3.05, 3.63) is 95.3 Å². The third-order valence-electron chi connectivity index (χ3n) is 5.34. The molecule has 1 aromatic heterocycles. The highest BCUT2D eigenvalue weighted by molar-refractivity contribution is 5.83. The third kappa shape index (κ3) is 7.70. The van der Waals surface area contributed by atoms with Crippen LogP contribution in [0.2, 0.25) is 0 Å². The Kier molecular flexibility index (Phi) is 8.57. The first-order chi connectivity index (χ1) is 17.0. The largest absolute Gasteiger partial charge is 0.573 e. The Balaban J connectivity index is 1.90. The lowest BCUT2D eigenvalue weighted by atomic mass is 9.96. The Hall–Kier alpha value is -3.60. The molecule has 192 valence electrons. The number of aryl methyl sites for hydroxylation is 1. The molecule has 0 bridgehead atoms. The molecule has 0 aliphatic carbocycles. The molecule has 0 spiro atoms. The van der Waals surface area contributed by atoms with Gasteiger partial charge in [-0.2, -0.15) is 13.2 Å². The van der Waals surface area contributed by atoms with E-state index in [9.17, 15) is 31.1 Å². The molecule has 2 aromatic carbocycles. The molecule has 0 aliphatic heterocycles. The summed E-state index contributed by atoms with van der Waals surface area (Å²) in [6.07, 6.45) is -7.87. The molecule has 11 heteroatoms. The van der Waals surface area contributed by atoms with E-state index >= 15 is 0 Å². The minimum absolute atomic E-state index is 0.239. The highest BCUT2D eigenvalue weighted by Crippen LogP contribution is 2.30. The molecular weight excluding hydrogens is 488 g/mol. The number of aromatic nitrogens is 1. The highest BCUT2D eigenvalue weighted by Gasteiger charge is 2.33. The van der Waals surface area contributed by atoms with Gasteiger partial charge in [0.1, 0.15) is 17.5 Å². The number of benzene rings is 2. The van der Waals surface area contributed by atoms with Gasteiger partial charge in [0, 0.05) is 19.3 Å². The number of nitrogens with one attached hydrogen (secondary N) is 2. The van der Waals surface area contributed by atoms with Crippen LogP contribution in [0.1, 0.15) is 40.9 Å². The molecule has 0 radical (unpaired) electrons. The van der Waals surface area contributed by atoms with Gasteiger partial charge in [0.25, 0.3) is 0 Å². The van der Waals surface area contributed by atoms with Crippen molar-refractivity contribution in [2.24, 2.45) is 0 Å². The molecule has 0 aliphatic rings. The zero-order valence-electron chi connectivity index (χ0n) is 19.0. The molecule has 3 aromatic rings. The van der Waals surface area contributed by atoms with Crippen molar-refractivity contribution >= 4 is 5.91 Å². The van der Waals surface area contributed by atoms with E-state index in [-0.39, 0.29) is 18.7 Å². The molecule has 1 heterocycles. The van der Waals surface area contributed by atoms with Gasteiger partial charge in [0.2, 0.25) is 5.91 Å². The van der Waals surface area contributed by atoms with Crippen LogP contribution in [0.4, 0.5) is 26.3 Å². The summed E-state index contributed by atoms with van der Waals surface area (Å²) in [5.74, 6) is -0.802. The highest BCUT2D eigenvalue weighted by atomic mass is 19.4. The molecular formula is C25H23F6N3O2. The second-order valence-corrected chi connectivity index (χ2v) is 7.89. The van der Waals surface area contributed by atoms with Gasteiger partial charge in [-0.15, -0.1) is 13.2 Å². The molecule has 2 atom stereocenters.